The molecule has 1 saturated heterocycles. The zero-order valence-corrected chi connectivity index (χ0v) is 20.8. The number of aromatic nitrogens is 3. The van der Waals surface area contributed by atoms with Gasteiger partial charge in [0.05, 0.1) is 31.1 Å². The van der Waals surface area contributed by atoms with Gasteiger partial charge in [-0.05, 0) is 60.2 Å². The first-order valence-corrected chi connectivity index (χ1v) is 12.6. The number of rotatable bonds is 10. The summed E-state index contributed by atoms with van der Waals surface area (Å²) in [6.45, 7) is 5.77. The summed E-state index contributed by atoms with van der Waals surface area (Å²) in [4.78, 5) is 22.2. The van der Waals surface area contributed by atoms with E-state index in [0.29, 0.717) is 25.3 Å². The molecular formula is C29H31N5O3. The van der Waals surface area contributed by atoms with Crippen LogP contribution >= 0.6 is 0 Å². The maximum atomic E-state index is 13.6. The largest absolute Gasteiger partial charge is 0.492 e. The van der Waals surface area contributed by atoms with Crippen LogP contribution in [0, 0.1) is 0 Å². The van der Waals surface area contributed by atoms with E-state index in [2.05, 4.69) is 15.0 Å². The third-order valence-electron chi connectivity index (χ3n) is 6.30. The zero-order valence-electron chi connectivity index (χ0n) is 20.8. The van der Waals surface area contributed by atoms with Crippen molar-refractivity contribution in [2.45, 2.75) is 13.1 Å². The molecule has 2 aromatic heterocycles. The highest BCUT2D eigenvalue weighted by molar-refractivity contribution is 5.94. The van der Waals surface area contributed by atoms with Crippen LogP contribution in [0.2, 0.25) is 0 Å². The Balaban J connectivity index is 1.28. The Kier molecular flexibility index (Phi) is 8.20. The molecule has 1 amide bonds. The van der Waals surface area contributed by atoms with Gasteiger partial charge in [0.15, 0.2) is 0 Å². The second kappa shape index (κ2) is 12.3. The molecule has 8 nitrogen and oxygen atoms in total. The van der Waals surface area contributed by atoms with Gasteiger partial charge in [-0.2, -0.15) is 5.10 Å². The number of hydrogen-bond donors (Lipinski definition) is 0. The Morgan fingerprint density at radius 1 is 0.946 bits per heavy atom. The Morgan fingerprint density at radius 3 is 2.57 bits per heavy atom. The molecule has 3 heterocycles. The van der Waals surface area contributed by atoms with E-state index in [1.165, 1.54) is 0 Å². The van der Waals surface area contributed by atoms with Gasteiger partial charge in [-0.1, -0.05) is 18.2 Å². The van der Waals surface area contributed by atoms with Gasteiger partial charge < -0.3 is 14.4 Å². The molecule has 4 aromatic rings. The summed E-state index contributed by atoms with van der Waals surface area (Å²) >= 11 is 0. The monoisotopic (exact) mass is 497 g/mol. The minimum atomic E-state index is -0.0590. The van der Waals surface area contributed by atoms with Crippen LogP contribution in [-0.4, -0.2) is 69.9 Å². The van der Waals surface area contributed by atoms with Crippen LogP contribution in [0.1, 0.15) is 21.6 Å². The van der Waals surface area contributed by atoms with Gasteiger partial charge in [0, 0.05) is 50.3 Å². The Hall–Kier alpha value is -4.01. The van der Waals surface area contributed by atoms with Crippen molar-refractivity contribution in [3.8, 4) is 11.4 Å². The quantitative estimate of drug-likeness (QED) is 0.332. The number of hydrogen-bond acceptors (Lipinski definition) is 6. The molecule has 0 aliphatic carbocycles. The lowest BCUT2D eigenvalue weighted by Gasteiger charge is -2.26. The zero-order chi connectivity index (χ0) is 25.3. The second-order valence-electron chi connectivity index (χ2n) is 8.93. The number of morpholine rings is 1. The van der Waals surface area contributed by atoms with E-state index in [9.17, 15) is 4.79 Å². The van der Waals surface area contributed by atoms with Gasteiger partial charge in [-0.15, -0.1) is 0 Å². The van der Waals surface area contributed by atoms with Gasteiger partial charge in [-0.25, -0.2) is 4.68 Å². The first kappa shape index (κ1) is 24.7. The van der Waals surface area contributed by atoms with Crippen molar-refractivity contribution in [3.05, 3.63) is 108 Å². The molecule has 0 radical (unpaired) electrons. The van der Waals surface area contributed by atoms with Crippen LogP contribution in [-0.2, 0) is 17.8 Å². The highest BCUT2D eigenvalue weighted by Crippen LogP contribution is 2.19. The van der Waals surface area contributed by atoms with Crippen molar-refractivity contribution >= 4 is 5.91 Å². The molecule has 0 unspecified atom stereocenters. The van der Waals surface area contributed by atoms with Crippen LogP contribution in [0.15, 0.2) is 91.4 Å². The first-order chi connectivity index (χ1) is 18.2. The summed E-state index contributed by atoms with van der Waals surface area (Å²) in [6, 6.07) is 23.1. The molecule has 1 fully saturated rings. The normalized spacial score (nSPS) is 13.8. The molecule has 190 valence electrons. The minimum absolute atomic E-state index is 0.0590. The number of amides is 1. The Bertz CT molecular complexity index is 1260. The molecule has 1 aliphatic heterocycles. The predicted molar refractivity (Wildman–Crippen MR) is 141 cm³/mol. The van der Waals surface area contributed by atoms with Crippen LogP contribution < -0.4 is 4.74 Å². The summed E-state index contributed by atoms with van der Waals surface area (Å²) in [5.41, 5.74) is 3.35. The van der Waals surface area contributed by atoms with Crippen molar-refractivity contribution in [1.29, 1.82) is 0 Å². The summed E-state index contributed by atoms with van der Waals surface area (Å²) in [7, 11) is 0. The third kappa shape index (κ3) is 6.81. The maximum absolute atomic E-state index is 13.6. The smallest absolute Gasteiger partial charge is 0.254 e. The lowest BCUT2D eigenvalue weighted by Crippen LogP contribution is -2.38. The molecule has 0 saturated carbocycles. The lowest BCUT2D eigenvalue weighted by atomic mass is 10.1. The van der Waals surface area contributed by atoms with Crippen molar-refractivity contribution < 1.29 is 14.3 Å². The Labute approximate surface area is 217 Å². The number of benzene rings is 2. The topological polar surface area (TPSA) is 72.7 Å². The molecule has 37 heavy (non-hydrogen) atoms. The van der Waals surface area contributed by atoms with Crippen LogP contribution in [0.3, 0.4) is 0 Å². The molecule has 0 spiro atoms. The van der Waals surface area contributed by atoms with Crippen LogP contribution in [0.4, 0.5) is 0 Å². The highest BCUT2D eigenvalue weighted by Gasteiger charge is 2.18. The summed E-state index contributed by atoms with van der Waals surface area (Å²) in [5.74, 6) is 0.746. The predicted octanol–water partition coefficient (Wildman–Crippen LogP) is 3.82. The van der Waals surface area contributed by atoms with E-state index in [0.717, 1.165) is 55.5 Å². The lowest BCUT2D eigenvalue weighted by molar-refractivity contribution is 0.0322. The van der Waals surface area contributed by atoms with E-state index in [4.69, 9.17) is 9.47 Å². The van der Waals surface area contributed by atoms with E-state index >= 15 is 0 Å². The number of pyridine rings is 1. The molecule has 8 heteroatoms. The molecule has 0 atom stereocenters. The molecule has 0 bridgehead atoms. The average molecular weight is 498 g/mol. The van der Waals surface area contributed by atoms with Gasteiger partial charge in [0.2, 0.25) is 0 Å². The summed E-state index contributed by atoms with van der Waals surface area (Å²) in [6.07, 6.45) is 5.36. The van der Waals surface area contributed by atoms with E-state index in [1.807, 2.05) is 83.9 Å². The number of nitrogens with zero attached hydrogens (tertiary/aromatic N) is 5. The fraction of sp³-hybridized carbons (Fsp3) is 0.276. The summed E-state index contributed by atoms with van der Waals surface area (Å²) in [5, 5.41) is 4.26. The van der Waals surface area contributed by atoms with E-state index in [1.54, 1.807) is 17.1 Å². The molecule has 2 aromatic carbocycles. The van der Waals surface area contributed by atoms with Crippen LogP contribution in [0.25, 0.3) is 5.69 Å². The molecule has 0 N–H and O–H groups in total. The maximum Gasteiger partial charge on any atom is 0.254 e. The van der Waals surface area contributed by atoms with Gasteiger partial charge in [0.25, 0.3) is 5.91 Å². The number of carbonyl (C=O) groups excluding carboxylic acids is 1. The SMILES string of the molecule is O=C(c1ccc(-n2cccn2)cc1)N(Cc1cccc(OCCN2CCOCC2)c1)Cc1ccccn1. The summed E-state index contributed by atoms with van der Waals surface area (Å²) < 4.78 is 13.2. The molecular weight excluding hydrogens is 466 g/mol. The van der Waals surface area contributed by atoms with Gasteiger partial charge >= 0.3 is 0 Å². The van der Waals surface area contributed by atoms with Crippen molar-refractivity contribution in [2.75, 3.05) is 39.5 Å². The fourth-order valence-corrected chi connectivity index (χ4v) is 4.32. The Morgan fingerprint density at radius 2 is 1.81 bits per heavy atom. The fourth-order valence-electron chi connectivity index (χ4n) is 4.32. The van der Waals surface area contributed by atoms with E-state index < -0.39 is 0 Å². The number of ether oxygens (including phenoxy) is 2. The van der Waals surface area contributed by atoms with Gasteiger partial charge in [0.1, 0.15) is 12.4 Å². The third-order valence-corrected chi connectivity index (χ3v) is 6.30. The first-order valence-electron chi connectivity index (χ1n) is 12.6. The average Bonchev–Trinajstić information content (AvgIpc) is 3.49. The van der Waals surface area contributed by atoms with Crippen molar-refractivity contribution in [3.63, 3.8) is 0 Å². The van der Waals surface area contributed by atoms with Gasteiger partial charge in [-0.3, -0.25) is 14.7 Å². The standard InChI is InChI=1S/C29H31N5O3/c35-29(25-8-10-27(11-9-25)34-14-4-13-31-34)33(23-26-6-1-2-12-30-26)22-24-5-3-7-28(21-24)37-20-17-32-15-18-36-19-16-32/h1-14,21H,15-20,22-23H2. The van der Waals surface area contributed by atoms with Crippen molar-refractivity contribution in [1.82, 2.24) is 24.6 Å². The minimum Gasteiger partial charge on any atom is -0.492 e. The number of carbonyl (C=O) groups is 1. The van der Waals surface area contributed by atoms with Crippen LogP contribution in [0.5, 0.6) is 5.75 Å². The second-order valence-corrected chi connectivity index (χ2v) is 8.93. The van der Waals surface area contributed by atoms with Crippen molar-refractivity contribution in [2.24, 2.45) is 0 Å². The highest BCUT2D eigenvalue weighted by atomic mass is 16.5. The molecule has 5 rings (SSSR count). The van der Waals surface area contributed by atoms with E-state index in [-0.39, 0.29) is 5.91 Å². The molecule has 1 aliphatic rings.